The zero-order valence-electron chi connectivity index (χ0n) is 25.2. The van der Waals surface area contributed by atoms with Crippen LogP contribution in [0, 0.1) is 10.8 Å². The highest BCUT2D eigenvalue weighted by atomic mass is 35.5. The second-order valence-corrected chi connectivity index (χ2v) is 18.5. The number of aliphatic carboxylic acids is 1. The molecule has 1 atom stereocenters. The fourth-order valence-corrected chi connectivity index (χ4v) is 7.53. The van der Waals surface area contributed by atoms with Gasteiger partial charge >= 0.3 is 18.3 Å². The average molecular weight is 703 g/mol. The summed E-state index contributed by atoms with van der Waals surface area (Å²) in [6.07, 6.45) is -10.5. The molecular formula is C29H35Cl2F6N3O4Si. The number of aromatic nitrogens is 2. The van der Waals surface area contributed by atoms with Gasteiger partial charge in [-0.2, -0.15) is 31.4 Å². The van der Waals surface area contributed by atoms with Crippen LogP contribution in [0.25, 0.3) is 0 Å². The molecule has 4 rings (SSSR count). The van der Waals surface area contributed by atoms with Crippen LogP contribution in [0.2, 0.25) is 29.7 Å². The van der Waals surface area contributed by atoms with Crippen molar-refractivity contribution < 1.29 is 45.5 Å². The average Bonchev–Trinajstić information content (AvgIpc) is 3.55. The van der Waals surface area contributed by atoms with Crippen LogP contribution in [0.15, 0.2) is 24.4 Å². The summed E-state index contributed by atoms with van der Waals surface area (Å²) in [5, 5.41) is 13.7. The summed E-state index contributed by atoms with van der Waals surface area (Å²) in [5.74, 6) is -2.35. The van der Waals surface area contributed by atoms with E-state index < -0.39 is 79.9 Å². The van der Waals surface area contributed by atoms with E-state index in [1.54, 1.807) is 25.7 Å². The van der Waals surface area contributed by atoms with Crippen LogP contribution < -0.4 is 0 Å². The van der Waals surface area contributed by atoms with Crippen molar-refractivity contribution in [1.29, 1.82) is 0 Å². The van der Waals surface area contributed by atoms with E-state index in [0.717, 1.165) is 11.1 Å². The second kappa shape index (κ2) is 12.4. The van der Waals surface area contributed by atoms with Gasteiger partial charge < -0.3 is 14.4 Å². The smallest absolute Gasteiger partial charge is 0.433 e. The number of halogens is 8. The molecule has 2 saturated carbocycles. The molecule has 0 spiro atoms. The van der Waals surface area contributed by atoms with Crippen LogP contribution in [-0.2, 0) is 15.4 Å². The fraction of sp³-hybridized carbons (Fsp3) is 0.621. The molecule has 2 aromatic rings. The molecule has 250 valence electrons. The van der Waals surface area contributed by atoms with Crippen molar-refractivity contribution in [2.75, 3.05) is 13.1 Å². The molecular weight excluding hydrogens is 667 g/mol. The van der Waals surface area contributed by atoms with Crippen molar-refractivity contribution in [3.63, 3.8) is 0 Å². The standard InChI is InChI=1S/C29H35Cl2F6N3O4Si/c1-26(25(42)43)10-8-17(9-11-26)40-23(28(32,33)34)18(14-38-40)24(41)39(16-27(12-13-27)29(35,36)37)15-21(44-45(2,3)4)22-19(30)6-5-7-20(22)31/h5-7,14,17,21H,8-13,15-16H2,1-4H3,(H,42,43). The Morgan fingerprint density at radius 1 is 1.09 bits per heavy atom. The number of carboxylic acid groups (broad SMARTS) is 1. The van der Waals surface area contributed by atoms with Crippen molar-refractivity contribution in [3.8, 4) is 0 Å². The maximum absolute atomic E-state index is 14.6. The van der Waals surface area contributed by atoms with Crippen LogP contribution >= 0.6 is 23.2 Å². The topological polar surface area (TPSA) is 84.7 Å². The van der Waals surface area contributed by atoms with Gasteiger partial charge in [-0.3, -0.25) is 14.3 Å². The van der Waals surface area contributed by atoms with Gasteiger partial charge in [0.05, 0.1) is 41.3 Å². The summed E-state index contributed by atoms with van der Waals surface area (Å²) in [7, 11) is -2.50. The first-order valence-corrected chi connectivity index (χ1v) is 18.6. The van der Waals surface area contributed by atoms with Gasteiger partial charge in [0.1, 0.15) is 0 Å². The van der Waals surface area contributed by atoms with Crippen LogP contribution in [-0.4, -0.2) is 59.2 Å². The Morgan fingerprint density at radius 3 is 2.09 bits per heavy atom. The third kappa shape index (κ3) is 7.65. The molecule has 1 unspecified atom stereocenters. The third-order valence-corrected chi connectivity index (χ3v) is 10.3. The molecule has 7 nitrogen and oxygen atoms in total. The molecule has 0 bridgehead atoms. The van der Waals surface area contributed by atoms with Crippen molar-refractivity contribution in [1.82, 2.24) is 14.7 Å². The van der Waals surface area contributed by atoms with E-state index >= 15 is 0 Å². The van der Waals surface area contributed by atoms with Crippen molar-refractivity contribution >= 4 is 43.4 Å². The summed E-state index contributed by atoms with van der Waals surface area (Å²) >= 11 is 12.9. The lowest BCUT2D eigenvalue weighted by Gasteiger charge is -2.36. The maximum atomic E-state index is 14.6. The third-order valence-electron chi connectivity index (χ3n) is 8.65. The molecule has 45 heavy (non-hydrogen) atoms. The first kappa shape index (κ1) is 35.6. The normalized spacial score (nSPS) is 22.6. The number of carbonyl (C=O) groups is 2. The van der Waals surface area contributed by atoms with Gasteiger partial charge in [0.25, 0.3) is 5.91 Å². The minimum Gasteiger partial charge on any atom is -0.481 e. The number of benzene rings is 1. The monoisotopic (exact) mass is 701 g/mol. The number of nitrogens with zero attached hydrogens (tertiary/aromatic N) is 3. The minimum absolute atomic E-state index is 0.0548. The van der Waals surface area contributed by atoms with E-state index in [9.17, 15) is 41.0 Å². The molecule has 1 aromatic carbocycles. The lowest BCUT2D eigenvalue weighted by Crippen LogP contribution is -2.45. The Kier molecular flexibility index (Phi) is 9.78. The molecule has 0 radical (unpaired) electrons. The van der Waals surface area contributed by atoms with Gasteiger partial charge in [0, 0.05) is 22.2 Å². The second-order valence-electron chi connectivity index (χ2n) is 13.3. The quantitative estimate of drug-likeness (QED) is 0.198. The van der Waals surface area contributed by atoms with Gasteiger partial charge in [0.2, 0.25) is 0 Å². The summed E-state index contributed by atoms with van der Waals surface area (Å²) in [6.45, 7) is 5.49. The number of carbonyl (C=O) groups excluding carboxylic acids is 1. The molecule has 16 heteroatoms. The first-order chi connectivity index (χ1) is 20.6. The van der Waals surface area contributed by atoms with Gasteiger partial charge in [-0.1, -0.05) is 29.3 Å². The summed E-state index contributed by atoms with van der Waals surface area (Å²) < 4.78 is 93.4. The predicted octanol–water partition coefficient (Wildman–Crippen LogP) is 8.79. The van der Waals surface area contributed by atoms with Gasteiger partial charge in [0.15, 0.2) is 14.0 Å². The maximum Gasteiger partial charge on any atom is 0.433 e. The summed E-state index contributed by atoms with van der Waals surface area (Å²) in [6, 6.07) is 3.69. The van der Waals surface area contributed by atoms with Gasteiger partial charge in [-0.05, 0) is 77.2 Å². The van der Waals surface area contributed by atoms with Crippen LogP contribution in [0.5, 0.6) is 0 Å². The highest BCUT2D eigenvalue weighted by Gasteiger charge is 2.64. The number of alkyl halides is 6. The largest absolute Gasteiger partial charge is 0.481 e. The molecule has 2 aliphatic rings. The Labute approximate surface area is 267 Å². The number of amides is 1. The Morgan fingerprint density at radius 2 is 1.64 bits per heavy atom. The number of rotatable bonds is 10. The van der Waals surface area contributed by atoms with Crippen LogP contribution in [0.3, 0.4) is 0 Å². The van der Waals surface area contributed by atoms with Crippen molar-refractivity contribution in [2.45, 2.75) is 89.6 Å². The molecule has 1 N–H and O–H groups in total. The summed E-state index contributed by atoms with van der Waals surface area (Å²) in [4.78, 5) is 26.5. The van der Waals surface area contributed by atoms with E-state index in [0.29, 0.717) is 4.68 Å². The zero-order valence-corrected chi connectivity index (χ0v) is 27.7. The SMILES string of the molecule is CC1(C(=O)O)CCC(n2ncc(C(=O)N(CC(O[Si](C)(C)C)c3c(Cl)cccc3Cl)CC3(C(F)(F)F)CC3)c2C(F)(F)F)CC1. The van der Waals surface area contributed by atoms with Crippen LogP contribution in [0.4, 0.5) is 26.3 Å². The predicted molar refractivity (Wildman–Crippen MR) is 158 cm³/mol. The molecule has 1 heterocycles. The first-order valence-electron chi connectivity index (χ1n) is 14.4. The number of hydrogen-bond donors (Lipinski definition) is 1. The van der Waals surface area contributed by atoms with Crippen molar-refractivity contribution in [3.05, 3.63) is 51.3 Å². The van der Waals surface area contributed by atoms with Crippen molar-refractivity contribution in [2.24, 2.45) is 10.8 Å². The Hall–Kier alpha value is -2.29. The summed E-state index contributed by atoms with van der Waals surface area (Å²) in [5.41, 5.74) is -5.47. The van der Waals surface area contributed by atoms with Crippen LogP contribution in [0.1, 0.15) is 79.2 Å². The molecule has 0 aliphatic heterocycles. The van der Waals surface area contributed by atoms with E-state index in [1.165, 1.54) is 19.1 Å². The van der Waals surface area contributed by atoms with E-state index in [1.807, 2.05) is 0 Å². The van der Waals surface area contributed by atoms with E-state index in [4.69, 9.17) is 27.6 Å². The molecule has 1 aromatic heterocycles. The number of hydrogen-bond acceptors (Lipinski definition) is 4. The highest BCUT2D eigenvalue weighted by Crippen LogP contribution is 2.58. The lowest BCUT2D eigenvalue weighted by molar-refractivity contribution is -0.190. The molecule has 2 aliphatic carbocycles. The molecule has 0 saturated heterocycles. The highest BCUT2D eigenvalue weighted by molar-refractivity contribution is 6.69. The van der Waals surface area contributed by atoms with E-state index in [2.05, 4.69) is 5.10 Å². The zero-order chi connectivity index (χ0) is 33.8. The minimum atomic E-state index is -5.09. The van der Waals surface area contributed by atoms with E-state index in [-0.39, 0.29) is 54.1 Å². The van der Waals surface area contributed by atoms with Gasteiger partial charge in [-0.25, -0.2) is 0 Å². The Bertz CT molecular complexity index is 1410. The van der Waals surface area contributed by atoms with Gasteiger partial charge in [-0.15, -0.1) is 0 Å². The molecule has 1 amide bonds. The lowest BCUT2D eigenvalue weighted by atomic mass is 9.74. The number of carboxylic acids is 1. The fourth-order valence-electron chi connectivity index (χ4n) is 5.85. The molecule has 2 fully saturated rings. The Balaban J connectivity index is 1.78.